The standard InChI is InChI=1S/C11H15N5O/c1-7-4-9(16-11(12-3)15-7)13-6-10-14-5-8(2)17-10/h4-5H,6H2,1-3H3,(H2,12,13,15,16). The van der Waals surface area contributed by atoms with Crippen LogP contribution in [0, 0.1) is 13.8 Å². The van der Waals surface area contributed by atoms with Crippen molar-refractivity contribution in [2.75, 3.05) is 17.7 Å². The van der Waals surface area contributed by atoms with Crippen LogP contribution in [0.1, 0.15) is 17.3 Å². The summed E-state index contributed by atoms with van der Waals surface area (Å²) in [7, 11) is 1.79. The summed E-state index contributed by atoms with van der Waals surface area (Å²) in [5.74, 6) is 2.79. The van der Waals surface area contributed by atoms with Crippen molar-refractivity contribution in [1.29, 1.82) is 0 Å². The predicted molar refractivity (Wildman–Crippen MR) is 64.9 cm³/mol. The highest BCUT2D eigenvalue weighted by Crippen LogP contribution is 2.10. The first kappa shape index (κ1) is 11.4. The molecule has 0 spiro atoms. The lowest BCUT2D eigenvalue weighted by Gasteiger charge is -2.06. The van der Waals surface area contributed by atoms with Crippen LogP contribution >= 0.6 is 0 Å². The SMILES string of the molecule is CNc1nc(C)cc(NCc2ncc(C)o2)n1. The van der Waals surface area contributed by atoms with Gasteiger partial charge in [0.25, 0.3) is 0 Å². The molecule has 0 aliphatic carbocycles. The highest BCUT2D eigenvalue weighted by molar-refractivity contribution is 5.41. The van der Waals surface area contributed by atoms with Gasteiger partial charge in [-0.25, -0.2) is 9.97 Å². The highest BCUT2D eigenvalue weighted by Gasteiger charge is 2.03. The lowest BCUT2D eigenvalue weighted by Crippen LogP contribution is -2.05. The van der Waals surface area contributed by atoms with E-state index >= 15 is 0 Å². The van der Waals surface area contributed by atoms with Crippen LogP contribution in [0.4, 0.5) is 11.8 Å². The Bertz CT molecular complexity index is 508. The fourth-order valence-electron chi connectivity index (χ4n) is 1.42. The summed E-state index contributed by atoms with van der Waals surface area (Å²) in [6.45, 7) is 4.29. The van der Waals surface area contributed by atoms with Crippen molar-refractivity contribution in [3.8, 4) is 0 Å². The smallest absolute Gasteiger partial charge is 0.224 e. The Morgan fingerprint density at radius 1 is 1.29 bits per heavy atom. The number of nitrogens with zero attached hydrogens (tertiary/aromatic N) is 3. The van der Waals surface area contributed by atoms with Crippen molar-refractivity contribution in [3.63, 3.8) is 0 Å². The topological polar surface area (TPSA) is 75.9 Å². The lowest BCUT2D eigenvalue weighted by atomic mass is 10.4. The fraction of sp³-hybridized carbons (Fsp3) is 0.364. The van der Waals surface area contributed by atoms with Gasteiger partial charge >= 0.3 is 0 Å². The Morgan fingerprint density at radius 2 is 2.12 bits per heavy atom. The summed E-state index contributed by atoms with van der Waals surface area (Å²) in [6.07, 6.45) is 1.70. The van der Waals surface area contributed by atoms with Crippen LogP contribution in [0.3, 0.4) is 0 Å². The molecule has 0 amide bonds. The van der Waals surface area contributed by atoms with Gasteiger partial charge < -0.3 is 15.1 Å². The molecule has 0 aliphatic rings. The highest BCUT2D eigenvalue weighted by atomic mass is 16.4. The van der Waals surface area contributed by atoms with E-state index < -0.39 is 0 Å². The molecule has 0 bridgehead atoms. The average molecular weight is 233 g/mol. The Kier molecular flexibility index (Phi) is 3.22. The Hall–Kier alpha value is -2.11. The molecule has 0 saturated carbocycles. The first-order valence-electron chi connectivity index (χ1n) is 5.36. The maximum Gasteiger partial charge on any atom is 0.224 e. The molecule has 2 aromatic rings. The number of rotatable bonds is 4. The molecule has 17 heavy (non-hydrogen) atoms. The van der Waals surface area contributed by atoms with E-state index in [0.29, 0.717) is 18.4 Å². The number of hydrogen-bond acceptors (Lipinski definition) is 6. The van der Waals surface area contributed by atoms with Gasteiger partial charge in [-0.2, -0.15) is 4.98 Å². The number of nitrogens with one attached hydrogen (secondary N) is 2. The fourth-order valence-corrected chi connectivity index (χ4v) is 1.42. The number of aryl methyl sites for hydroxylation is 2. The molecule has 0 radical (unpaired) electrons. The van der Waals surface area contributed by atoms with Crippen LogP contribution in [0.15, 0.2) is 16.7 Å². The Morgan fingerprint density at radius 3 is 2.76 bits per heavy atom. The van der Waals surface area contributed by atoms with Gasteiger partial charge in [-0.1, -0.05) is 0 Å². The van der Waals surface area contributed by atoms with E-state index in [-0.39, 0.29) is 0 Å². The monoisotopic (exact) mass is 233 g/mol. The number of hydrogen-bond donors (Lipinski definition) is 2. The van der Waals surface area contributed by atoms with Gasteiger partial charge in [0.1, 0.15) is 11.6 Å². The normalized spacial score (nSPS) is 10.3. The van der Waals surface area contributed by atoms with Crippen LogP contribution < -0.4 is 10.6 Å². The molecule has 2 aromatic heterocycles. The molecule has 0 aromatic carbocycles. The molecule has 0 atom stereocenters. The summed E-state index contributed by atoms with van der Waals surface area (Å²) in [5, 5.41) is 6.05. The largest absolute Gasteiger partial charge is 0.444 e. The third-order valence-electron chi connectivity index (χ3n) is 2.17. The van der Waals surface area contributed by atoms with Crippen molar-refractivity contribution in [3.05, 3.63) is 29.6 Å². The summed E-state index contributed by atoms with van der Waals surface area (Å²) < 4.78 is 5.36. The van der Waals surface area contributed by atoms with Crippen LogP contribution in [-0.2, 0) is 6.54 Å². The van der Waals surface area contributed by atoms with Gasteiger partial charge in [0.2, 0.25) is 11.8 Å². The van der Waals surface area contributed by atoms with Crippen LogP contribution in [0.5, 0.6) is 0 Å². The van der Waals surface area contributed by atoms with E-state index in [0.717, 1.165) is 17.3 Å². The van der Waals surface area contributed by atoms with E-state index in [1.54, 1.807) is 13.2 Å². The number of aromatic nitrogens is 3. The zero-order chi connectivity index (χ0) is 12.3. The third kappa shape index (κ3) is 2.93. The Balaban J connectivity index is 2.05. The summed E-state index contributed by atoms with van der Waals surface area (Å²) >= 11 is 0. The van der Waals surface area contributed by atoms with E-state index in [1.165, 1.54) is 0 Å². The van der Waals surface area contributed by atoms with Gasteiger partial charge in [0.15, 0.2) is 0 Å². The first-order valence-corrected chi connectivity index (χ1v) is 5.36. The maximum absolute atomic E-state index is 5.36. The summed E-state index contributed by atoms with van der Waals surface area (Å²) in [5.41, 5.74) is 0.899. The van der Waals surface area contributed by atoms with Crippen LogP contribution in [0.25, 0.3) is 0 Å². The quantitative estimate of drug-likeness (QED) is 0.837. The molecule has 90 valence electrons. The van der Waals surface area contributed by atoms with E-state index in [2.05, 4.69) is 25.6 Å². The second-order valence-electron chi connectivity index (χ2n) is 3.69. The van der Waals surface area contributed by atoms with Gasteiger partial charge in [-0.3, -0.25) is 0 Å². The summed E-state index contributed by atoms with van der Waals surface area (Å²) in [4.78, 5) is 12.6. The zero-order valence-corrected chi connectivity index (χ0v) is 10.1. The number of oxazole rings is 1. The van der Waals surface area contributed by atoms with E-state index in [9.17, 15) is 0 Å². The van der Waals surface area contributed by atoms with Crippen molar-refractivity contribution >= 4 is 11.8 Å². The average Bonchev–Trinajstić information content (AvgIpc) is 2.72. The minimum absolute atomic E-state index is 0.507. The lowest BCUT2D eigenvalue weighted by molar-refractivity contribution is 0.479. The predicted octanol–water partition coefficient (Wildman–Crippen LogP) is 1.74. The van der Waals surface area contributed by atoms with Crippen molar-refractivity contribution < 1.29 is 4.42 Å². The molecule has 6 nitrogen and oxygen atoms in total. The molecule has 0 aliphatic heterocycles. The molecule has 0 saturated heterocycles. The molecule has 0 unspecified atom stereocenters. The van der Waals surface area contributed by atoms with Crippen molar-refractivity contribution in [2.45, 2.75) is 20.4 Å². The van der Waals surface area contributed by atoms with Crippen LogP contribution in [0.2, 0.25) is 0 Å². The minimum atomic E-state index is 0.507. The molecular formula is C11H15N5O. The van der Waals surface area contributed by atoms with Gasteiger partial charge in [0.05, 0.1) is 12.7 Å². The first-order chi connectivity index (χ1) is 8.17. The van der Waals surface area contributed by atoms with Crippen LogP contribution in [-0.4, -0.2) is 22.0 Å². The van der Waals surface area contributed by atoms with Crippen molar-refractivity contribution in [2.24, 2.45) is 0 Å². The van der Waals surface area contributed by atoms with E-state index in [1.807, 2.05) is 19.9 Å². The van der Waals surface area contributed by atoms with Gasteiger partial charge in [0, 0.05) is 18.8 Å². The van der Waals surface area contributed by atoms with Gasteiger partial charge in [-0.15, -0.1) is 0 Å². The third-order valence-corrected chi connectivity index (χ3v) is 2.17. The van der Waals surface area contributed by atoms with E-state index in [4.69, 9.17) is 4.42 Å². The number of anilines is 2. The molecule has 6 heteroatoms. The molecule has 2 heterocycles. The second kappa shape index (κ2) is 4.82. The second-order valence-corrected chi connectivity index (χ2v) is 3.69. The maximum atomic E-state index is 5.36. The summed E-state index contributed by atoms with van der Waals surface area (Å²) in [6, 6.07) is 1.87. The Labute approximate surface area is 99.5 Å². The molecule has 0 fully saturated rings. The molecule has 2 rings (SSSR count). The molecular weight excluding hydrogens is 218 g/mol. The minimum Gasteiger partial charge on any atom is -0.444 e. The van der Waals surface area contributed by atoms with Gasteiger partial charge in [-0.05, 0) is 13.8 Å². The molecule has 2 N–H and O–H groups in total. The van der Waals surface area contributed by atoms with Crippen molar-refractivity contribution in [1.82, 2.24) is 15.0 Å². The zero-order valence-electron chi connectivity index (χ0n) is 10.1.